The predicted octanol–water partition coefficient (Wildman–Crippen LogP) is -1.16. The Kier molecular flexibility index (Phi) is 11.9. The Balaban J connectivity index is 0.00000169. The Bertz CT molecular complexity index is 332. The van der Waals surface area contributed by atoms with Crippen LogP contribution in [0.3, 0.4) is 0 Å². The van der Waals surface area contributed by atoms with Crippen LogP contribution in [-0.4, -0.2) is 61.3 Å². The molecule has 0 unspecified atom stereocenters. The highest BCUT2D eigenvalue weighted by Crippen LogP contribution is 2.34. The molecule has 2 nitrogen and oxygen atoms in total. The smallest absolute Gasteiger partial charge is 0.0815 e. The molecule has 0 amide bonds. The van der Waals surface area contributed by atoms with E-state index >= 15 is 0 Å². The molecule has 2 aliphatic heterocycles. The van der Waals surface area contributed by atoms with Crippen LogP contribution in [-0.2, 0) is 0 Å². The molecule has 26 heavy (non-hydrogen) atoms. The maximum absolute atomic E-state index is 2.45. The standard InChI is InChI=1S/C22H44N2.2HI/c1-3-23(15-7-5-8-16-23)19-21-11-13-22(14-12-21)20-24(4-2)17-9-6-10-18-24;;/h21-22H,3-20H2,1-2H3;2*1H/q+2;;/p-2. The van der Waals surface area contributed by atoms with E-state index in [1.54, 1.807) is 0 Å². The second-order valence-electron chi connectivity index (χ2n) is 9.58. The van der Waals surface area contributed by atoms with Gasteiger partial charge in [0, 0.05) is 11.8 Å². The van der Waals surface area contributed by atoms with Gasteiger partial charge in [-0.15, -0.1) is 0 Å². The summed E-state index contributed by atoms with van der Waals surface area (Å²) in [6.45, 7) is 16.6. The highest BCUT2D eigenvalue weighted by Gasteiger charge is 2.36. The monoisotopic (exact) mass is 590 g/mol. The fraction of sp³-hybridized carbons (Fsp3) is 1.00. The van der Waals surface area contributed by atoms with Crippen molar-refractivity contribution in [1.29, 1.82) is 0 Å². The molecule has 1 aliphatic carbocycles. The van der Waals surface area contributed by atoms with E-state index in [1.165, 1.54) is 126 Å². The maximum atomic E-state index is 2.45. The number of hydrogen-bond donors (Lipinski definition) is 0. The van der Waals surface area contributed by atoms with Crippen molar-refractivity contribution in [3.8, 4) is 0 Å². The third kappa shape index (κ3) is 6.72. The molecule has 0 radical (unpaired) electrons. The number of nitrogens with zero attached hydrogens (tertiary/aromatic N) is 2. The van der Waals surface area contributed by atoms with Crippen molar-refractivity contribution < 1.29 is 56.9 Å². The van der Waals surface area contributed by atoms with E-state index in [1.807, 2.05) is 0 Å². The van der Waals surface area contributed by atoms with Crippen molar-refractivity contribution in [2.45, 2.75) is 78.1 Å². The first-order valence-electron chi connectivity index (χ1n) is 11.4. The van der Waals surface area contributed by atoms with E-state index in [2.05, 4.69) is 13.8 Å². The lowest BCUT2D eigenvalue weighted by Crippen LogP contribution is -3.00. The van der Waals surface area contributed by atoms with Crippen LogP contribution >= 0.6 is 0 Å². The Hall–Kier alpha value is 1.38. The second kappa shape index (κ2) is 12.2. The van der Waals surface area contributed by atoms with E-state index in [0.717, 1.165) is 11.8 Å². The van der Waals surface area contributed by atoms with Crippen LogP contribution in [0.4, 0.5) is 0 Å². The summed E-state index contributed by atoms with van der Waals surface area (Å²) in [6, 6.07) is 0. The molecule has 2 saturated heterocycles. The van der Waals surface area contributed by atoms with Gasteiger partial charge in [-0.05, 0) is 78.1 Å². The number of likely N-dealkylation sites (tertiary alicyclic amines) is 2. The molecule has 4 heteroatoms. The van der Waals surface area contributed by atoms with Crippen LogP contribution in [0.2, 0.25) is 0 Å². The van der Waals surface area contributed by atoms with Gasteiger partial charge in [0.05, 0.1) is 52.4 Å². The van der Waals surface area contributed by atoms with Crippen molar-refractivity contribution in [3.05, 3.63) is 0 Å². The van der Waals surface area contributed by atoms with Crippen molar-refractivity contribution in [2.75, 3.05) is 52.4 Å². The summed E-state index contributed by atoms with van der Waals surface area (Å²) in [5, 5.41) is 0. The molecule has 0 aromatic rings. The Labute approximate surface area is 198 Å². The zero-order valence-electron chi connectivity index (χ0n) is 17.5. The summed E-state index contributed by atoms with van der Waals surface area (Å²) in [4.78, 5) is 0. The molecule has 0 aromatic heterocycles. The lowest BCUT2D eigenvalue weighted by Gasteiger charge is -2.46. The summed E-state index contributed by atoms with van der Waals surface area (Å²) in [6.07, 6.45) is 15.1. The van der Waals surface area contributed by atoms with Gasteiger partial charge in [0.25, 0.3) is 0 Å². The molecule has 1 saturated carbocycles. The minimum atomic E-state index is 0. The zero-order chi connectivity index (χ0) is 16.9. The maximum Gasteiger partial charge on any atom is 0.0815 e. The average Bonchev–Trinajstić information content (AvgIpc) is 2.65. The summed E-state index contributed by atoms with van der Waals surface area (Å²) in [7, 11) is 0. The number of halogens is 2. The van der Waals surface area contributed by atoms with Crippen molar-refractivity contribution in [2.24, 2.45) is 11.8 Å². The van der Waals surface area contributed by atoms with Crippen LogP contribution in [0.1, 0.15) is 78.1 Å². The quantitative estimate of drug-likeness (QED) is 0.271. The van der Waals surface area contributed by atoms with Crippen molar-refractivity contribution >= 4 is 0 Å². The van der Waals surface area contributed by atoms with E-state index in [-0.39, 0.29) is 48.0 Å². The molecule has 0 N–H and O–H groups in total. The van der Waals surface area contributed by atoms with Crippen LogP contribution in [0, 0.1) is 11.8 Å². The van der Waals surface area contributed by atoms with Gasteiger partial charge in [0.15, 0.2) is 0 Å². The highest BCUT2D eigenvalue weighted by atomic mass is 127. The van der Waals surface area contributed by atoms with Gasteiger partial charge in [-0.25, -0.2) is 0 Å². The fourth-order valence-corrected chi connectivity index (χ4v) is 6.31. The molecule has 3 aliphatic rings. The van der Waals surface area contributed by atoms with Gasteiger partial charge >= 0.3 is 0 Å². The van der Waals surface area contributed by atoms with E-state index in [0.29, 0.717) is 0 Å². The lowest BCUT2D eigenvalue weighted by molar-refractivity contribution is -0.935. The molecule has 0 aromatic carbocycles. The minimum absolute atomic E-state index is 0. The zero-order valence-corrected chi connectivity index (χ0v) is 21.8. The summed E-state index contributed by atoms with van der Waals surface area (Å²) in [5.74, 6) is 2.08. The molecule has 0 bridgehead atoms. The molecule has 0 spiro atoms. The first-order chi connectivity index (χ1) is 11.7. The van der Waals surface area contributed by atoms with E-state index < -0.39 is 0 Å². The predicted molar refractivity (Wildman–Crippen MR) is 104 cm³/mol. The first-order valence-corrected chi connectivity index (χ1v) is 11.4. The second-order valence-corrected chi connectivity index (χ2v) is 9.58. The lowest BCUT2D eigenvalue weighted by atomic mass is 9.80. The molecule has 3 fully saturated rings. The van der Waals surface area contributed by atoms with Crippen molar-refractivity contribution in [3.63, 3.8) is 0 Å². The summed E-state index contributed by atoms with van der Waals surface area (Å²) < 4.78 is 2.93. The molecular weight excluding hydrogens is 546 g/mol. The Morgan fingerprint density at radius 3 is 1.12 bits per heavy atom. The van der Waals surface area contributed by atoms with Crippen molar-refractivity contribution in [1.82, 2.24) is 0 Å². The third-order valence-corrected chi connectivity index (χ3v) is 8.13. The Morgan fingerprint density at radius 1 is 0.538 bits per heavy atom. The highest BCUT2D eigenvalue weighted by molar-refractivity contribution is 4.74. The largest absolute Gasteiger partial charge is 1.00 e. The van der Waals surface area contributed by atoms with Gasteiger partial charge in [-0.2, -0.15) is 0 Å². The van der Waals surface area contributed by atoms with E-state index in [9.17, 15) is 0 Å². The summed E-state index contributed by atoms with van der Waals surface area (Å²) >= 11 is 0. The van der Waals surface area contributed by atoms with Crippen LogP contribution in [0.5, 0.6) is 0 Å². The van der Waals surface area contributed by atoms with Crippen LogP contribution < -0.4 is 48.0 Å². The van der Waals surface area contributed by atoms with Gasteiger partial charge in [0.2, 0.25) is 0 Å². The molecule has 2 heterocycles. The van der Waals surface area contributed by atoms with E-state index in [4.69, 9.17) is 0 Å². The number of rotatable bonds is 6. The SMILES string of the molecule is CC[N+]1(CC2CCC(C[N+]3(CC)CCCCC3)CC2)CCCCC1.[I-].[I-]. The first kappa shape index (κ1) is 25.4. The van der Waals surface area contributed by atoms with Crippen LogP contribution in [0.25, 0.3) is 0 Å². The molecular formula is C22H44I2N2. The molecule has 3 rings (SSSR count). The van der Waals surface area contributed by atoms with Gasteiger partial charge in [-0.1, -0.05) is 0 Å². The topological polar surface area (TPSA) is 0 Å². The Morgan fingerprint density at radius 2 is 0.846 bits per heavy atom. The minimum Gasteiger partial charge on any atom is -1.00 e. The molecule has 0 atom stereocenters. The summed E-state index contributed by atoms with van der Waals surface area (Å²) in [5.41, 5.74) is 0. The number of hydrogen-bond acceptors (Lipinski definition) is 0. The van der Waals surface area contributed by atoms with Crippen LogP contribution in [0.15, 0.2) is 0 Å². The average molecular weight is 590 g/mol. The van der Waals surface area contributed by atoms with Gasteiger partial charge < -0.3 is 56.9 Å². The molecule has 156 valence electrons. The number of piperidine rings is 2. The normalized spacial score (nSPS) is 30.7. The third-order valence-electron chi connectivity index (χ3n) is 8.13. The fourth-order valence-electron chi connectivity index (χ4n) is 6.31. The van der Waals surface area contributed by atoms with Gasteiger partial charge in [0.1, 0.15) is 0 Å². The number of quaternary nitrogens is 2. The van der Waals surface area contributed by atoms with Gasteiger partial charge in [-0.3, -0.25) is 0 Å².